The number of nitrogens with zero attached hydrogens (tertiary/aromatic N) is 2. The van der Waals surface area contributed by atoms with Crippen molar-refractivity contribution < 1.29 is 0 Å². The van der Waals surface area contributed by atoms with Gasteiger partial charge >= 0.3 is 0 Å². The van der Waals surface area contributed by atoms with E-state index in [0.29, 0.717) is 5.92 Å². The first kappa shape index (κ1) is 14.3. The first-order valence-electron chi connectivity index (χ1n) is 8.11. The number of imidazole rings is 1. The molecule has 3 nitrogen and oxygen atoms in total. The van der Waals surface area contributed by atoms with Gasteiger partial charge in [-0.15, -0.1) is 0 Å². The Morgan fingerprint density at radius 2 is 2.00 bits per heavy atom. The van der Waals surface area contributed by atoms with E-state index in [1.54, 1.807) is 0 Å². The summed E-state index contributed by atoms with van der Waals surface area (Å²) >= 11 is 0. The molecule has 0 radical (unpaired) electrons. The number of aromatic nitrogens is 2. The van der Waals surface area contributed by atoms with Crippen molar-refractivity contribution >= 4 is 0 Å². The van der Waals surface area contributed by atoms with Gasteiger partial charge < -0.3 is 9.88 Å². The Hall–Kier alpha value is -1.61. The van der Waals surface area contributed by atoms with Gasteiger partial charge in [-0.3, -0.25) is 0 Å². The lowest BCUT2D eigenvalue weighted by atomic mass is 10.0. The van der Waals surface area contributed by atoms with Gasteiger partial charge in [0.2, 0.25) is 0 Å². The lowest BCUT2D eigenvalue weighted by molar-refractivity contribution is 0.619. The second-order valence-corrected chi connectivity index (χ2v) is 6.18. The fourth-order valence-corrected chi connectivity index (χ4v) is 3.07. The first-order valence-corrected chi connectivity index (χ1v) is 8.11. The summed E-state index contributed by atoms with van der Waals surface area (Å²) in [4.78, 5) is 4.87. The molecule has 3 rings (SSSR count). The molecule has 0 bridgehead atoms. The Bertz CT molecular complexity index is 608. The monoisotopic (exact) mass is 283 g/mol. The van der Waals surface area contributed by atoms with Gasteiger partial charge in [-0.05, 0) is 30.0 Å². The van der Waals surface area contributed by atoms with E-state index in [-0.39, 0.29) is 0 Å². The van der Waals surface area contributed by atoms with Crippen molar-refractivity contribution in [1.29, 1.82) is 0 Å². The normalized spacial score (nSPS) is 14.5. The second kappa shape index (κ2) is 6.02. The van der Waals surface area contributed by atoms with E-state index in [1.807, 2.05) is 0 Å². The molecule has 0 atom stereocenters. The molecular formula is C18H25N3. The van der Waals surface area contributed by atoms with E-state index in [1.165, 1.54) is 28.5 Å². The fraction of sp³-hybridized carbons (Fsp3) is 0.500. The Morgan fingerprint density at radius 3 is 2.67 bits per heavy atom. The van der Waals surface area contributed by atoms with Crippen LogP contribution < -0.4 is 5.32 Å². The SMILES string of the molecule is CCCc1nc2c(n1-c1ccc(C(C)C)cc1)CCNC2. The number of hydrogen-bond donors (Lipinski definition) is 1. The highest BCUT2D eigenvalue weighted by molar-refractivity contribution is 5.41. The van der Waals surface area contributed by atoms with E-state index in [2.05, 4.69) is 54.9 Å². The summed E-state index contributed by atoms with van der Waals surface area (Å²) in [7, 11) is 0. The zero-order valence-corrected chi connectivity index (χ0v) is 13.3. The number of aryl methyl sites for hydroxylation is 1. The second-order valence-electron chi connectivity index (χ2n) is 6.18. The molecule has 0 spiro atoms. The van der Waals surface area contributed by atoms with Gasteiger partial charge in [-0.2, -0.15) is 0 Å². The minimum atomic E-state index is 0.579. The molecule has 0 fully saturated rings. The molecule has 2 heterocycles. The van der Waals surface area contributed by atoms with Crippen molar-refractivity contribution in [2.75, 3.05) is 6.54 Å². The molecule has 0 amide bonds. The maximum atomic E-state index is 4.87. The summed E-state index contributed by atoms with van der Waals surface area (Å²) in [5.41, 5.74) is 5.29. The van der Waals surface area contributed by atoms with Crippen LogP contribution in [0.4, 0.5) is 0 Å². The highest BCUT2D eigenvalue weighted by Crippen LogP contribution is 2.24. The molecule has 0 saturated heterocycles. The number of benzene rings is 1. The third kappa shape index (κ3) is 2.75. The first-order chi connectivity index (χ1) is 10.2. The highest BCUT2D eigenvalue weighted by Gasteiger charge is 2.20. The molecule has 1 aliphatic rings. The van der Waals surface area contributed by atoms with Crippen LogP contribution in [0.2, 0.25) is 0 Å². The largest absolute Gasteiger partial charge is 0.311 e. The summed E-state index contributed by atoms with van der Waals surface area (Å²) in [5, 5.41) is 3.42. The van der Waals surface area contributed by atoms with Gasteiger partial charge in [0.15, 0.2) is 0 Å². The van der Waals surface area contributed by atoms with Gasteiger partial charge in [0, 0.05) is 37.3 Å². The van der Waals surface area contributed by atoms with E-state index in [9.17, 15) is 0 Å². The Kier molecular flexibility index (Phi) is 4.11. The van der Waals surface area contributed by atoms with Gasteiger partial charge in [0.1, 0.15) is 5.82 Å². The smallest absolute Gasteiger partial charge is 0.113 e. The Balaban J connectivity index is 2.05. The summed E-state index contributed by atoms with van der Waals surface area (Å²) in [6, 6.07) is 9.00. The van der Waals surface area contributed by atoms with Crippen molar-refractivity contribution in [3.8, 4) is 5.69 Å². The Morgan fingerprint density at radius 1 is 1.24 bits per heavy atom. The Labute approximate surface area is 127 Å². The molecule has 1 aliphatic heterocycles. The van der Waals surface area contributed by atoms with Crippen LogP contribution in [0, 0.1) is 0 Å². The summed E-state index contributed by atoms with van der Waals surface area (Å²) in [6.45, 7) is 8.65. The van der Waals surface area contributed by atoms with Gasteiger partial charge in [0.25, 0.3) is 0 Å². The highest BCUT2D eigenvalue weighted by atomic mass is 15.1. The van der Waals surface area contributed by atoms with Crippen molar-refractivity contribution in [1.82, 2.24) is 14.9 Å². The number of rotatable bonds is 4. The predicted molar refractivity (Wildman–Crippen MR) is 87.1 cm³/mol. The van der Waals surface area contributed by atoms with Gasteiger partial charge in [0.05, 0.1) is 5.69 Å². The lowest BCUT2D eigenvalue weighted by Gasteiger charge is -2.17. The van der Waals surface area contributed by atoms with Gasteiger partial charge in [-0.1, -0.05) is 32.9 Å². The van der Waals surface area contributed by atoms with E-state index in [0.717, 1.165) is 32.4 Å². The summed E-state index contributed by atoms with van der Waals surface area (Å²) in [5.74, 6) is 1.79. The van der Waals surface area contributed by atoms with Crippen molar-refractivity contribution in [3.05, 3.63) is 47.0 Å². The number of hydrogen-bond acceptors (Lipinski definition) is 2. The van der Waals surface area contributed by atoms with Crippen LogP contribution in [0.3, 0.4) is 0 Å². The third-order valence-corrected chi connectivity index (χ3v) is 4.25. The van der Waals surface area contributed by atoms with E-state index < -0.39 is 0 Å². The van der Waals surface area contributed by atoms with Gasteiger partial charge in [-0.25, -0.2) is 4.98 Å². The van der Waals surface area contributed by atoms with Crippen LogP contribution in [-0.2, 0) is 19.4 Å². The van der Waals surface area contributed by atoms with Crippen LogP contribution >= 0.6 is 0 Å². The fourth-order valence-electron chi connectivity index (χ4n) is 3.07. The van der Waals surface area contributed by atoms with Crippen molar-refractivity contribution in [3.63, 3.8) is 0 Å². The van der Waals surface area contributed by atoms with E-state index >= 15 is 0 Å². The average Bonchev–Trinajstić information content (AvgIpc) is 2.85. The molecule has 112 valence electrons. The van der Waals surface area contributed by atoms with Crippen LogP contribution in [0.15, 0.2) is 24.3 Å². The quantitative estimate of drug-likeness (QED) is 0.929. The van der Waals surface area contributed by atoms with Crippen LogP contribution in [-0.4, -0.2) is 16.1 Å². The molecule has 3 heteroatoms. The molecule has 0 unspecified atom stereocenters. The van der Waals surface area contributed by atoms with Crippen LogP contribution in [0.25, 0.3) is 5.69 Å². The maximum Gasteiger partial charge on any atom is 0.113 e. The molecule has 1 aromatic carbocycles. The topological polar surface area (TPSA) is 29.9 Å². The number of fused-ring (bicyclic) bond motifs is 1. The van der Waals surface area contributed by atoms with Crippen LogP contribution in [0.5, 0.6) is 0 Å². The van der Waals surface area contributed by atoms with E-state index in [4.69, 9.17) is 4.98 Å². The zero-order chi connectivity index (χ0) is 14.8. The van der Waals surface area contributed by atoms with Crippen molar-refractivity contribution in [2.45, 2.75) is 52.5 Å². The zero-order valence-electron chi connectivity index (χ0n) is 13.3. The molecule has 1 N–H and O–H groups in total. The standard InChI is InChI=1S/C18H25N3/c1-4-5-18-20-16-12-19-11-10-17(16)21(18)15-8-6-14(7-9-15)13(2)3/h6-9,13,19H,4-5,10-12H2,1-3H3. The molecule has 0 saturated carbocycles. The number of nitrogens with one attached hydrogen (secondary N) is 1. The molecule has 2 aromatic rings. The minimum absolute atomic E-state index is 0.579. The molecule has 1 aromatic heterocycles. The average molecular weight is 283 g/mol. The maximum absolute atomic E-state index is 4.87. The summed E-state index contributed by atoms with van der Waals surface area (Å²) in [6.07, 6.45) is 3.24. The summed E-state index contributed by atoms with van der Waals surface area (Å²) < 4.78 is 2.39. The predicted octanol–water partition coefficient (Wildman–Crippen LogP) is 3.59. The van der Waals surface area contributed by atoms with Crippen molar-refractivity contribution in [2.24, 2.45) is 0 Å². The molecule has 0 aliphatic carbocycles. The third-order valence-electron chi connectivity index (χ3n) is 4.25. The van der Waals surface area contributed by atoms with Crippen LogP contribution in [0.1, 0.15) is 55.9 Å². The lowest BCUT2D eigenvalue weighted by Crippen LogP contribution is -2.24. The molecular weight excluding hydrogens is 258 g/mol. The minimum Gasteiger partial charge on any atom is -0.311 e. The molecule has 21 heavy (non-hydrogen) atoms.